The summed E-state index contributed by atoms with van der Waals surface area (Å²) in [6.45, 7) is -0.0321. The van der Waals surface area contributed by atoms with Gasteiger partial charge in [-0.1, -0.05) is 0 Å². The SMILES string of the molecule is COc1ncc(C(=O)CN)cn1. The summed E-state index contributed by atoms with van der Waals surface area (Å²) in [7, 11) is 1.46. The molecule has 0 atom stereocenters. The van der Waals surface area contributed by atoms with E-state index in [1.165, 1.54) is 19.5 Å². The summed E-state index contributed by atoms with van der Waals surface area (Å²) in [5.41, 5.74) is 5.54. The van der Waals surface area contributed by atoms with Crippen LogP contribution in [0.5, 0.6) is 6.01 Å². The molecule has 5 nitrogen and oxygen atoms in total. The van der Waals surface area contributed by atoms with E-state index in [0.717, 1.165) is 0 Å². The number of rotatable bonds is 3. The van der Waals surface area contributed by atoms with Gasteiger partial charge in [0.15, 0.2) is 5.78 Å². The van der Waals surface area contributed by atoms with Crippen molar-refractivity contribution in [2.45, 2.75) is 0 Å². The molecule has 0 aliphatic heterocycles. The van der Waals surface area contributed by atoms with Crippen molar-refractivity contribution in [3.05, 3.63) is 18.0 Å². The van der Waals surface area contributed by atoms with Gasteiger partial charge in [0.1, 0.15) is 0 Å². The Kier molecular flexibility index (Phi) is 2.71. The fourth-order valence-corrected chi connectivity index (χ4v) is 0.683. The summed E-state index contributed by atoms with van der Waals surface area (Å²) < 4.78 is 4.72. The van der Waals surface area contributed by atoms with Gasteiger partial charge in [-0.3, -0.25) is 4.79 Å². The summed E-state index contributed by atoms with van der Waals surface area (Å²) in [4.78, 5) is 18.5. The van der Waals surface area contributed by atoms with E-state index in [1.807, 2.05) is 0 Å². The number of ketones is 1. The summed E-state index contributed by atoms with van der Waals surface area (Å²) in [5, 5.41) is 0. The van der Waals surface area contributed by atoms with Crippen molar-refractivity contribution in [3.63, 3.8) is 0 Å². The lowest BCUT2D eigenvalue weighted by atomic mass is 10.2. The first-order valence-corrected chi connectivity index (χ1v) is 3.37. The van der Waals surface area contributed by atoms with Crippen LogP contribution in [0.25, 0.3) is 0 Å². The van der Waals surface area contributed by atoms with Gasteiger partial charge in [-0.15, -0.1) is 0 Å². The highest BCUT2D eigenvalue weighted by atomic mass is 16.5. The van der Waals surface area contributed by atoms with E-state index in [2.05, 4.69) is 9.97 Å². The first-order chi connectivity index (χ1) is 5.77. The third-order valence-corrected chi connectivity index (χ3v) is 1.32. The number of hydrogen-bond acceptors (Lipinski definition) is 5. The number of hydrogen-bond donors (Lipinski definition) is 1. The van der Waals surface area contributed by atoms with Crippen LogP contribution in [-0.4, -0.2) is 29.4 Å². The van der Waals surface area contributed by atoms with Crippen LogP contribution in [0.3, 0.4) is 0 Å². The zero-order valence-corrected chi connectivity index (χ0v) is 6.65. The van der Waals surface area contributed by atoms with E-state index in [0.29, 0.717) is 5.56 Å². The number of ether oxygens (including phenoxy) is 1. The number of nitrogens with zero attached hydrogens (tertiary/aromatic N) is 2. The maximum Gasteiger partial charge on any atom is 0.316 e. The van der Waals surface area contributed by atoms with Gasteiger partial charge in [-0.2, -0.15) is 0 Å². The predicted octanol–water partition coefficient (Wildman–Crippen LogP) is -0.373. The molecule has 2 N–H and O–H groups in total. The molecule has 1 rings (SSSR count). The van der Waals surface area contributed by atoms with Crippen LogP contribution in [0.2, 0.25) is 0 Å². The molecule has 5 heteroatoms. The average molecular weight is 167 g/mol. The molecule has 1 aromatic heterocycles. The van der Waals surface area contributed by atoms with Crippen molar-refractivity contribution in [1.82, 2.24) is 9.97 Å². The lowest BCUT2D eigenvalue weighted by molar-refractivity contribution is 0.100. The Labute approximate surface area is 69.6 Å². The second-order valence-electron chi connectivity index (χ2n) is 2.09. The molecular weight excluding hydrogens is 158 g/mol. The third-order valence-electron chi connectivity index (χ3n) is 1.32. The van der Waals surface area contributed by atoms with Crippen LogP contribution in [-0.2, 0) is 0 Å². The molecule has 1 heterocycles. The highest BCUT2D eigenvalue weighted by Gasteiger charge is 2.03. The van der Waals surface area contributed by atoms with Crippen LogP contribution >= 0.6 is 0 Å². The van der Waals surface area contributed by atoms with E-state index < -0.39 is 0 Å². The molecule has 1 aromatic rings. The quantitative estimate of drug-likeness (QED) is 0.621. The van der Waals surface area contributed by atoms with Crippen LogP contribution in [0.4, 0.5) is 0 Å². The van der Waals surface area contributed by atoms with Gasteiger partial charge in [-0.05, 0) is 0 Å². The minimum atomic E-state index is -0.183. The maximum absolute atomic E-state index is 11.0. The third kappa shape index (κ3) is 1.76. The smallest absolute Gasteiger partial charge is 0.316 e. The Bertz CT molecular complexity index is 270. The molecule has 64 valence electrons. The first kappa shape index (κ1) is 8.61. The number of aromatic nitrogens is 2. The van der Waals surface area contributed by atoms with Crippen molar-refractivity contribution in [3.8, 4) is 6.01 Å². The number of carbonyl (C=O) groups excluding carboxylic acids is 1. The van der Waals surface area contributed by atoms with Crippen molar-refractivity contribution in [2.24, 2.45) is 5.73 Å². The molecule has 0 aliphatic carbocycles. The molecule has 0 saturated carbocycles. The maximum atomic E-state index is 11.0. The van der Waals surface area contributed by atoms with E-state index in [9.17, 15) is 4.79 Å². The van der Waals surface area contributed by atoms with Gasteiger partial charge in [0.25, 0.3) is 0 Å². The highest BCUT2D eigenvalue weighted by molar-refractivity contribution is 5.96. The predicted molar refractivity (Wildman–Crippen MR) is 42.0 cm³/mol. The standard InChI is InChI=1S/C7H9N3O2/c1-12-7-9-3-5(4-10-7)6(11)2-8/h3-4H,2,8H2,1H3. The zero-order chi connectivity index (χ0) is 8.97. The van der Waals surface area contributed by atoms with Crippen LogP contribution in [0.15, 0.2) is 12.4 Å². The molecular formula is C7H9N3O2. The number of methoxy groups -OCH3 is 1. The summed E-state index contributed by atoms with van der Waals surface area (Å²) in [5.74, 6) is -0.183. The highest BCUT2D eigenvalue weighted by Crippen LogP contribution is 2.01. The molecule has 0 radical (unpaired) electrons. The Morgan fingerprint density at radius 1 is 1.58 bits per heavy atom. The van der Waals surface area contributed by atoms with Gasteiger partial charge < -0.3 is 10.5 Å². The average Bonchev–Trinajstić information content (AvgIpc) is 2.17. The van der Waals surface area contributed by atoms with E-state index in [-0.39, 0.29) is 18.3 Å². The molecule has 0 aromatic carbocycles. The van der Waals surface area contributed by atoms with Crippen molar-refractivity contribution in [1.29, 1.82) is 0 Å². The van der Waals surface area contributed by atoms with Crippen LogP contribution in [0.1, 0.15) is 10.4 Å². The van der Waals surface area contributed by atoms with Crippen LogP contribution < -0.4 is 10.5 Å². The largest absolute Gasteiger partial charge is 0.467 e. The summed E-state index contributed by atoms with van der Waals surface area (Å²) >= 11 is 0. The Morgan fingerprint density at radius 2 is 2.17 bits per heavy atom. The molecule has 0 aliphatic rings. The molecule has 0 unspecified atom stereocenters. The van der Waals surface area contributed by atoms with Gasteiger partial charge in [0, 0.05) is 12.4 Å². The van der Waals surface area contributed by atoms with E-state index >= 15 is 0 Å². The topological polar surface area (TPSA) is 78.1 Å². The van der Waals surface area contributed by atoms with Gasteiger partial charge in [0.05, 0.1) is 19.2 Å². The number of Topliss-reactive ketones (excluding diaryl/α,β-unsaturated/α-hetero) is 1. The second-order valence-corrected chi connectivity index (χ2v) is 2.09. The molecule has 0 fully saturated rings. The minimum Gasteiger partial charge on any atom is -0.467 e. The second kappa shape index (κ2) is 3.77. The fourth-order valence-electron chi connectivity index (χ4n) is 0.683. The molecule has 0 spiro atoms. The lowest BCUT2D eigenvalue weighted by Gasteiger charge is -1.97. The Hall–Kier alpha value is -1.49. The van der Waals surface area contributed by atoms with Gasteiger partial charge in [-0.25, -0.2) is 9.97 Å². The molecule has 0 saturated heterocycles. The van der Waals surface area contributed by atoms with Crippen molar-refractivity contribution in [2.75, 3.05) is 13.7 Å². The van der Waals surface area contributed by atoms with Crippen molar-refractivity contribution >= 4 is 5.78 Å². The van der Waals surface area contributed by atoms with E-state index in [1.54, 1.807) is 0 Å². The Morgan fingerprint density at radius 3 is 2.58 bits per heavy atom. The number of carbonyl (C=O) groups is 1. The van der Waals surface area contributed by atoms with Gasteiger partial charge >= 0.3 is 6.01 Å². The zero-order valence-electron chi connectivity index (χ0n) is 6.65. The molecule has 0 amide bonds. The van der Waals surface area contributed by atoms with Crippen LogP contribution in [0, 0.1) is 0 Å². The lowest BCUT2D eigenvalue weighted by Crippen LogP contribution is -2.14. The number of nitrogens with two attached hydrogens (primary N) is 1. The van der Waals surface area contributed by atoms with E-state index in [4.69, 9.17) is 10.5 Å². The molecule has 12 heavy (non-hydrogen) atoms. The summed E-state index contributed by atoms with van der Waals surface area (Å²) in [6, 6.07) is 0.239. The summed E-state index contributed by atoms with van der Waals surface area (Å²) in [6.07, 6.45) is 2.78. The normalized spacial score (nSPS) is 9.50. The minimum absolute atomic E-state index is 0.0321. The van der Waals surface area contributed by atoms with Crippen molar-refractivity contribution < 1.29 is 9.53 Å². The fraction of sp³-hybridized carbons (Fsp3) is 0.286. The Balaban J connectivity index is 2.84. The van der Waals surface area contributed by atoms with Gasteiger partial charge in [0.2, 0.25) is 0 Å². The molecule has 0 bridgehead atoms. The first-order valence-electron chi connectivity index (χ1n) is 3.37. The monoisotopic (exact) mass is 167 g/mol.